The van der Waals surface area contributed by atoms with Gasteiger partial charge in [-0.15, -0.1) is 11.3 Å². The number of aromatic nitrogens is 2. The summed E-state index contributed by atoms with van der Waals surface area (Å²) in [6.07, 6.45) is 2.23. The Kier molecular flexibility index (Phi) is 4.87. The van der Waals surface area contributed by atoms with Crippen molar-refractivity contribution in [2.24, 2.45) is 0 Å². The van der Waals surface area contributed by atoms with Gasteiger partial charge in [0.25, 0.3) is 0 Å². The van der Waals surface area contributed by atoms with Crippen LogP contribution in [0.1, 0.15) is 5.56 Å². The Labute approximate surface area is 178 Å². The van der Waals surface area contributed by atoms with Crippen LogP contribution in [0.5, 0.6) is 0 Å². The molecule has 0 saturated heterocycles. The third-order valence-electron chi connectivity index (χ3n) is 4.99. The minimum absolute atomic E-state index is 0.0415. The van der Waals surface area contributed by atoms with Crippen molar-refractivity contribution >= 4 is 33.8 Å². The molecular formula is C25H19N3OS. The number of H-pyrrole nitrogens is 1. The molecule has 5 heteroatoms. The lowest BCUT2D eigenvalue weighted by atomic mass is 10.1. The second-order valence-corrected chi connectivity index (χ2v) is 7.93. The number of benzene rings is 3. The molecule has 2 aromatic heterocycles. The van der Waals surface area contributed by atoms with Gasteiger partial charge in [-0.05, 0) is 23.8 Å². The summed E-state index contributed by atoms with van der Waals surface area (Å²) in [5.41, 5.74) is 5.81. The normalized spacial score (nSPS) is 10.9. The van der Waals surface area contributed by atoms with Gasteiger partial charge in [-0.3, -0.25) is 4.79 Å². The second-order valence-electron chi connectivity index (χ2n) is 7.07. The number of nitrogens with one attached hydrogen (secondary N) is 2. The molecule has 4 nitrogen and oxygen atoms in total. The maximum Gasteiger partial charge on any atom is 0.228 e. The number of hydrogen-bond donors (Lipinski definition) is 2. The first-order chi connectivity index (χ1) is 14.8. The molecule has 0 aliphatic carbocycles. The Morgan fingerprint density at radius 3 is 2.63 bits per heavy atom. The Bertz CT molecular complexity index is 1320. The first-order valence-electron chi connectivity index (χ1n) is 9.72. The van der Waals surface area contributed by atoms with E-state index in [1.165, 1.54) is 0 Å². The van der Waals surface area contributed by atoms with E-state index in [4.69, 9.17) is 4.98 Å². The van der Waals surface area contributed by atoms with Crippen molar-refractivity contribution in [3.8, 4) is 21.8 Å². The molecule has 5 rings (SSSR count). The molecule has 3 aromatic carbocycles. The quantitative estimate of drug-likeness (QED) is 0.366. The van der Waals surface area contributed by atoms with Gasteiger partial charge in [-0.1, -0.05) is 60.7 Å². The van der Waals surface area contributed by atoms with Crippen LogP contribution in [0.2, 0.25) is 0 Å². The number of carbonyl (C=O) groups excluding carboxylic acids is 1. The standard InChI is InChI=1S/C25H19N3OS/c29-24(14-19-15-26-22-12-5-4-11-21(19)22)27-20-10-6-9-18(13-20)23-16-30-25(28-23)17-7-2-1-3-8-17/h1-13,15-16,26H,14H2,(H,27,29). The van der Waals surface area contributed by atoms with Crippen LogP contribution in [-0.4, -0.2) is 15.9 Å². The fraction of sp³-hybridized carbons (Fsp3) is 0.0400. The number of nitrogens with zero attached hydrogens (tertiary/aromatic N) is 1. The van der Waals surface area contributed by atoms with E-state index in [1.54, 1.807) is 11.3 Å². The number of fused-ring (bicyclic) bond motifs is 1. The molecule has 146 valence electrons. The molecule has 0 aliphatic rings. The summed E-state index contributed by atoms with van der Waals surface area (Å²) in [6, 6.07) is 26.0. The Morgan fingerprint density at radius 1 is 0.933 bits per heavy atom. The van der Waals surface area contributed by atoms with Crippen LogP contribution >= 0.6 is 11.3 Å². The van der Waals surface area contributed by atoms with E-state index in [2.05, 4.69) is 27.8 Å². The van der Waals surface area contributed by atoms with Gasteiger partial charge in [0.1, 0.15) is 5.01 Å². The van der Waals surface area contributed by atoms with Gasteiger partial charge < -0.3 is 10.3 Å². The predicted molar refractivity (Wildman–Crippen MR) is 124 cm³/mol. The van der Waals surface area contributed by atoms with Crippen molar-refractivity contribution < 1.29 is 4.79 Å². The number of amides is 1. The molecule has 0 bridgehead atoms. The lowest BCUT2D eigenvalue weighted by molar-refractivity contribution is -0.115. The number of thiazole rings is 1. The number of hydrogen-bond acceptors (Lipinski definition) is 3. The first kappa shape index (κ1) is 18.3. The topological polar surface area (TPSA) is 57.8 Å². The molecule has 0 aliphatic heterocycles. The molecule has 0 spiro atoms. The Morgan fingerprint density at radius 2 is 1.73 bits per heavy atom. The molecule has 2 heterocycles. The van der Waals surface area contributed by atoms with Crippen LogP contribution in [0, 0.1) is 0 Å². The summed E-state index contributed by atoms with van der Waals surface area (Å²) in [5.74, 6) is -0.0415. The fourth-order valence-electron chi connectivity index (χ4n) is 3.53. The lowest BCUT2D eigenvalue weighted by Crippen LogP contribution is -2.14. The number of para-hydroxylation sites is 1. The molecule has 0 saturated carbocycles. The highest BCUT2D eigenvalue weighted by atomic mass is 32.1. The summed E-state index contributed by atoms with van der Waals surface area (Å²) in [4.78, 5) is 20.6. The van der Waals surface area contributed by atoms with E-state index in [0.29, 0.717) is 6.42 Å². The second kappa shape index (κ2) is 7.97. The van der Waals surface area contributed by atoms with Crippen molar-refractivity contribution in [3.63, 3.8) is 0 Å². The van der Waals surface area contributed by atoms with E-state index in [1.807, 2.05) is 72.9 Å². The van der Waals surface area contributed by atoms with E-state index in [-0.39, 0.29) is 5.91 Å². The lowest BCUT2D eigenvalue weighted by Gasteiger charge is -2.06. The molecule has 0 atom stereocenters. The highest BCUT2D eigenvalue weighted by Gasteiger charge is 2.11. The van der Waals surface area contributed by atoms with Gasteiger partial charge in [-0.2, -0.15) is 0 Å². The van der Waals surface area contributed by atoms with Gasteiger partial charge in [0.15, 0.2) is 0 Å². The van der Waals surface area contributed by atoms with Crippen LogP contribution < -0.4 is 5.32 Å². The zero-order chi connectivity index (χ0) is 20.3. The van der Waals surface area contributed by atoms with Gasteiger partial charge >= 0.3 is 0 Å². The van der Waals surface area contributed by atoms with Crippen molar-refractivity contribution in [2.45, 2.75) is 6.42 Å². The SMILES string of the molecule is O=C(Cc1c[nH]c2ccccc12)Nc1cccc(-c2csc(-c3ccccc3)n2)c1. The number of carbonyl (C=O) groups is 1. The van der Waals surface area contributed by atoms with Crippen molar-refractivity contribution in [2.75, 3.05) is 5.32 Å². The van der Waals surface area contributed by atoms with Crippen LogP contribution in [0.3, 0.4) is 0 Å². The van der Waals surface area contributed by atoms with Crippen LogP contribution in [-0.2, 0) is 11.2 Å². The molecule has 0 radical (unpaired) electrons. The molecular weight excluding hydrogens is 390 g/mol. The molecule has 1 amide bonds. The van der Waals surface area contributed by atoms with Gasteiger partial charge in [0.05, 0.1) is 12.1 Å². The van der Waals surface area contributed by atoms with Crippen LogP contribution in [0.4, 0.5) is 5.69 Å². The minimum atomic E-state index is -0.0415. The first-order valence-corrected chi connectivity index (χ1v) is 10.6. The number of rotatable bonds is 5. The highest BCUT2D eigenvalue weighted by molar-refractivity contribution is 7.13. The van der Waals surface area contributed by atoms with Crippen molar-refractivity contribution in [1.82, 2.24) is 9.97 Å². The van der Waals surface area contributed by atoms with Gasteiger partial charge in [-0.25, -0.2) is 4.98 Å². The van der Waals surface area contributed by atoms with E-state index in [9.17, 15) is 4.79 Å². The predicted octanol–water partition coefficient (Wildman–Crippen LogP) is 6.14. The van der Waals surface area contributed by atoms with E-state index in [0.717, 1.165) is 44.0 Å². The smallest absolute Gasteiger partial charge is 0.228 e. The number of aromatic amines is 1. The van der Waals surface area contributed by atoms with Gasteiger partial charge in [0.2, 0.25) is 5.91 Å². The Hall–Kier alpha value is -3.70. The molecule has 5 aromatic rings. The summed E-state index contributed by atoms with van der Waals surface area (Å²) in [6.45, 7) is 0. The zero-order valence-corrected chi connectivity index (χ0v) is 16.9. The van der Waals surface area contributed by atoms with E-state index >= 15 is 0 Å². The van der Waals surface area contributed by atoms with E-state index < -0.39 is 0 Å². The average molecular weight is 410 g/mol. The zero-order valence-electron chi connectivity index (χ0n) is 16.1. The molecule has 0 fully saturated rings. The van der Waals surface area contributed by atoms with Gasteiger partial charge in [0, 0.05) is 39.3 Å². The average Bonchev–Trinajstić information content (AvgIpc) is 3.43. The van der Waals surface area contributed by atoms with Crippen molar-refractivity contribution in [1.29, 1.82) is 0 Å². The minimum Gasteiger partial charge on any atom is -0.361 e. The third kappa shape index (κ3) is 3.75. The van der Waals surface area contributed by atoms with Crippen molar-refractivity contribution in [3.05, 3.63) is 96.0 Å². The maximum absolute atomic E-state index is 12.6. The molecule has 30 heavy (non-hydrogen) atoms. The molecule has 2 N–H and O–H groups in total. The fourth-order valence-corrected chi connectivity index (χ4v) is 4.37. The highest BCUT2D eigenvalue weighted by Crippen LogP contribution is 2.30. The summed E-state index contributed by atoms with van der Waals surface area (Å²) in [5, 5.41) is 7.13. The third-order valence-corrected chi connectivity index (χ3v) is 5.88. The number of anilines is 1. The Balaban J connectivity index is 1.33. The summed E-state index contributed by atoms with van der Waals surface area (Å²) >= 11 is 1.62. The largest absolute Gasteiger partial charge is 0.361 e. The van der Waals surface area contributed by atoms with Crippen LogP contribution in [0.25, 0.3) is 32.7 Å². The monoisotopic (exact) mass is 409 g/mol. The summed E-state index contributed by atoms with van der Waals surface area (Å²) in [7, 11) is 0. The van der Waals surface area contributed by atoms with Crippen LogP contribution in [0.15, 0.2) is 90.4 Å². The maximum atomic E-state index is 12.6. The molecule has 0 unspecified atom stereocenters. The summed E-state index contributed by atoms with van der Waals surface area (Å²) < 4.78 is 0.